The zero-order valence-electron chi connectivity index (χ0n) is 11.1. The fraction of sp³-hybridized carbons (Fsp3) is 0.364. The van der Waals surface area contributed by atoms with Gasteiger partial charge in [0.15, 0.2) is 0 Å². The van der Waals surface area contributed by atoms with Gasteiger partial charge in [-0.25, -0.2) is 0 Å². The molecule has 0 bridgehead atoms. The zero-order chi connectivity index (χ0) is 14.7. The van der Waals surface area contributed by atoms with E-state index < -0.39 is 12.0 Å². The molecule has 0 aliphatic carbocycles. The maximum Gasteiger partial charge on any atom is 0.320 e. The van der Waals surface area contributed by atoms with Crippen molar-refractivity contribution in [2.24, 2.45) is 15.9 Å². The van der Waals surface area contributed by atoms with Gasteiger partial charge >= 0.3 is 5.97 Å². The maximum absolute atomic E-state index is 10.7. The molecule has 108 valence electrons. The molecule has 9 heteroatoms. The Morgan fingerprint density at radius 2 is 2.40 bits per heavy atom. The summed E-state index contributed by atoms with van der Waals surface area (Å²) in [7, 11) is 1.83. The molecule has 0 saturated carbocycles. The Bertz CT molecular complexity index is 567. The van der Waals surface area contributed by atoms with E-state index in [0.717, 1.165) is 16.4 Å². The topological polar surface area (TPSA) is 115 Å². The van der Waals surface area contributed by atoms with Crippen LogP contribution >= 0.6 is 11.3 Å². The number of carboxylic acids is 1. The predicted octanol–water partition coefficient (Wildman–Crippen LogP) is 0.254. The number of nitrogens with one attached hydrogen (secondary N) is 2. The first-order chi connectivity index (χ1) is 9.45. The molecule has 0 radical (unpaired) electrons. The fourth-order valence-electron chi connectivity index (χ4n) is 1.51. The first-order valence-electron chi connectivity index (χ1n) is 5.91. The first-order valence-corrected chi connectivity index (χ1v) is 6.79. The molecule has 20 heavy (non-hydrogen) atoms. The number of amidine groups is 1. The minimum atomic E-state index is -1.00. The smallest absolute Gasteiger partial charge is 0.320 e. The lowest BCUT2D eigenvalue weighted by molar-refractivity contribution is -0.138. The molecular weight excluding hydrogens is 280 g/mol. The van der Waals surface area contributed by atoms with Gasteiger partial charge in [0.25, 0.3) is 0 Å². The Morgan fingerprint density at radius 3 is 3.05 bits per heavy atom. The highest BCUT2D eigenvalue weighted by atomic mass is 32.1. The molecule has 8 nitrogen and oxygen atoms in total. The van der Waals surface area contributed by atoms with E-state index in [1.807, 2.05) is 25.4 Å². The lowest BCUT2D eigenvalue weighted by Gasteiger charge is -2.24. The van der Waals surface area contributed by atoms with Crippen molar-refractivity contribution in [2.75, 3.05) is 12.4 Å². The van der Waals surface area contributed by atoms with Gasteiger partial charge in [-0.05, 0) is 30.4 Å². The van der Waals surface area contributed by atoms with E-state index in [2.05, 4.69) is 20.9 Å². The summed E-state index contributed by atoms with van der Waals surface area (Å²) in [5.74, 6) is 0.263. The molecule has 5 N–H and O–H groups in total. The summed E-state index contributed by atoms with van der Waals surface area (Å²) in [6, 6.07) is 0.962. The SMILES string of the molecule is CC1=NN=C(Nc2cc(C[C@H](N)C(=O)O)cs2)NN1C. The van der Waals surface area contributed by atoms with E-state index in [1.165, 1.54) is 11.3 Å². The second kappa shape index (κ2) is 5.88. The number of hydrogen-bond donors (Lipinski definition) is 4. The van der Waals surface area contributed by atoms with Gasteiger partial charge in [0, 0.05) is 7.05 Å². The normalized spacial score (nSPS) is 16.1. The lowest BCUT2D eigenvalue weighted by Crippen LogP contribution is -2.47. The number of guanidine groups is 1. The quantitative estimate of drug-likeness (QED) is 0.633. The molecule has 2 heterocycles. The van der Waals surface area contributed by atoms with Gasteiger partial charge in [-0.15, -0.1) is 21.5 Å². The highest BCUT2D eigenvalue weighted by Crippen LogP contribution is 2.21. The van der Waals surface area contributed by atoms with Crippen molar-refractivity contribution in [2.45, 2.75) is 19.4 Å². The first kappa shape index (κ1) is 14.3. The van der Waals surface area contributed by atoms with Gasteiger partial charge in [-0.1, -0.05) is 0 Å². The number of hydrogen-bond acceptors (Lipinski definition) is 8. The van der Waals surface area contributed by atoms with Gasteiger partial charge in [0.1, 0.15) is 11.9 Å². The van der Waals surface area contributed by atoms with Crippen LogP contribution in [0.1, 0.15) is 12.5 Å². The Kier molecular flexibility index (Phi) is 4.20. The third-order valence-corrected chi connectivity index (χ3v) is 3.62. The molecule has 0 unspecified atom stereocenters. The highest BCUT2D eigenvalue weighted by Gasteiger charge is 2.14. The van der Waals surface area contributed by atoms with Crippen LogP contribution in [0.4, 0.5) is 5.00 Å². The third-order valence-electron chi connectivity index (χ3n) is 2.72. The van der Waals surface area contributed by atoms with Gasteiger partial charge in [-0.3, -0.25) is 15.2 Å². The van der Waals surface area contributed by atoms with Crippen molar-refractivity contribution in [3.8, 4) is 0 Å². The minimum Gasteiger partial charge on any atom is -0.480 e. The summed E-state index contributed by atoms with van der Waals surface area (Å²) >= 11 is 1.45. The molecule has 0 aromatic carbocycles. The van der Waals surface area contributed by atoms with Crippen molar-refractivity contribution in [1.82, 2.24) is 10.4 Å². The molecule has 0 fully saturated rings. The number of carboxylic acid groups (broad SMARTS) is 1. The molecule has 0 amide bonds. The fourth-order valence-corrected chi connectivity index (χ4v) is 2.33. The molecule has 2 rings (SSSR count). The number of carbonyl (C=O) groups is 1. The van der Waals surface area contributed by atoms with Crippen LogP contribution in [0.5, 0.6) is 0 Å². The van der Waals surface area contributed by atoms with E-state index in [0.29, 0.717) is 12.4 Å². The average Bonchev–Trinajstić information content (AvgIpc) is 2.81. The van der Waals surface area contributed by atoms with Crippen molar-refractivity contribution in [3.63, 3.8) is 0 Å². The van der Waals surface area contributed by atoms with Crippen LogP contribution in [0.15, 0.2) is 21.6 Å². The second-order valence-corrected chi connectivity index (χ2v) is 5.27. The van der Waals surface area contributed by atoms with Crippen LogP contribution < -0.4 is 16.5 Å². The zero-order valence-corrected chi connectivity index (χ0v) is 11.9. The molecule has 0 saturated heterocycles. The van der Waals surface area contributed by atoms with E-state index in [9.17, 15) is 4.79 Å². The highest BCUT2D eigenvalue weighted by molar-refractivity contribution is 7.14. The van der Waals surface area contributed by atoms with Gasteiger partial charge in [-0.2, -0.15) is 0 Å². The molecule has 1 aromatic rings. The van der Waals surface area contributed by atoms with E-state index >= 15 is 0 Å². The molecular formula is C11H16N6O2S. The van der Waals surface area contributed by atoms with Crippen LogP contribution in [0.3, 0.4) is 0 Å². The van der Waals surface area contributed by atoms with E-state index in [1.54, 1.807) is 5.01 Å². The van der Waals surface area contributed by atoms with Crippen molar-refractivity contribution in [1.29, 1.82) is 0 Å². The Balaban J connectivity index is 1.98. The lowest BCUT2D eigenvalue weighted by atomic mass is 10.1. The largest absolute Gasteiger partial charge is 0.480 e. The summed E-state index contributed by atoms with van der Waals surface area (Å²) in [5.41, 5.74) is 9.38. The Hall–Kier alpha value is -2.13. The Labute approximate surface area is 120 Å². The number of hydrazine groups is 1. The molecule has 1 aliphatic rings. The molecule has 1 aliphatic heterocycles. The maximum atomic E-state index is 10.7. The van der Waals surface area contributed by atoms with Crippen LogP contribution in [0.2, 0.25) is 0 Å². The third kappa shape index (κ3) is 3.45. The number of aliphatic carboxylic acids is 1. The number of nitrogens with two attached hydrogens (primary N) is 1. The molecule has 0 spiro atoms. The van der Waals surface area contributed by atoms with E-state index in [-0.39, 0.29) is 0 Å². The number of anilines is 1. The van der Waals surface area contributed by atoms with Crippen molar-refractivity contribution < 1.29 is 9.90 Å². The summed E-state index contributed by atoms with van der Waals surface area (Å²) in [6.07, 6.45) is 0.296. The van der Waals surface area contributed by atoms with Gasteiger partial charge in [0.05, 0.1) is 5.00 Å². The molecule has 1 atom stereocenters. The number of nitrogens with zero attached hydrogens (tertiary/aromatic N) is 3. The van der Waals surface area contributed by atoms with Crippen LogP contribution in [0, 0.1) is 0 Å². The standard InChI is InChI=1S/C11H16N6O2S/c1-6-14-15-11(16-17(6)2)13-9-4-7(5-20-9)3-8(12)10(18)19/h4-5,8H,3,12H2,1-2H3,(H,18,19)(H2,13,15,16)/t8-/m0/s1. The van der Waals surface area contributed by atoms with Gasteiger partial charge in [0.2, 0.25) is 5.96 Å². The minimum absolute atomic E-state index is 0.296. The summed E-state index contributed by atoms with van der Waals surface area (Å²) < 4.78 is 0. The predicted molar refractivity (Wildman–Crippen MR) is 78.7 cm³/mol. The number of thiophene rings is 1. The summed E-state index contributed by atoms with van der Waals surface area (Å²) in [4.78, 5) is 10.7. The molecule has 1 aromatic heterocycles. The average molecular weight is 296 g/mol. The number of rotatable bonds is 4. The Morgan fingerprint density at radius 1 is 1.65 bits per heavy atom. The van der Waals surface area contributed by atoms with E-state index in [4.69, 9.17) is 10.8 Å². The summed E-state index contributed by atoms with van der Waals surface area (Å²) in [6.45, 7) is 1.84. The van der Waals surface area contributed by atoms with Crippen LogP contribution in [-0.2, 0) is 11.2 Å². The van der Waals surface area contributed by atoms with Crippen LogP contribution in [-0.4, -0.2) is 41.0 Å². The van der Waals surface area contributed by atoms with Crippen LogP contribution in [0.25, 0.3) is 0 Å². The van der Waals surface area contributed by atoms with Crippen molar-refractivity contribution in [3.05, 3.63) is 17.0 Å². The van der Waals surface area contributed by atoms with Crippen molar-refractivity contribution >= 4 is 34.1 Å². The summed E-state index contributed by atoms with van der Waals surface area (Å²) in [5, 5.41) is 24.3. The monoisotopic (exact) mass is 296 g/mol. The van der Waals surface area contributed by atoms with Gasteiger partial charge < -0.3 is 16.2 Å². The second-order valence-electron chi connectivity index (χ2n) is 4.36.